The molecular formula is C16H17ClFN. The second-order valence-electron chi connectivity index (χ2n) is 4.70. The van der Waals surface area contributed by atoms with E-state index in [1.807, 2.05) is 44.3 Å². The van der Waals surface area contributed by atoms with Crippen molar-refractivity contribution in [3.63, 3.8) is 0 Å². The van der Waals surface area contributed by atoms with Gasteiger partial charge < -0.3 is 5.32 Å². The SMILES string of the molecule is CNC(Cc1ccc(Cl)cc1)c1cc(C)ccc1F. The summed E-state index contributed by atoms with van der Waals surface area (Å²) in [4.78, 5) is 0. The quantitative estimate of drug-likeness (QED) is 0.879. The second-order valence-corrected chi connectivity index (χ2v) is 5.13. The van der Waals surface area contributed by atoms with E-state index in [-0.39, 0.29) is 11.9 Å². The van der Waals surface area contributed by atoms with Crippen LogP contribution in [0.1, 0.15) is 22.7 Å². The Hall–Kier alpha value is -1.38. The highest BCUT2D eigenvalue weighted by atomic mass is 35.5. The first-order chi connectivity index (χ1) is 9.10. The molecule has 1 nitrogen and oxygen atoms in total. The molecule has 0 bridgehead atoms. The largest absolute Gasteiger partial charge is 0.313 e. The molecule has 0 fully saturated rings. The van der Waals surface area contributed by atoms with Crippen molar-refractivity contribution in [1.82, 2.24) is 5.32 Å². The van der Waals surface area contributed by atoms with Gasteiger partial charge in [0.05, 0.1) is 0 Å². The van der Waals surface area contributed by atoms with Gasteiger partial charge in [-0.2, -0.15) is 0 Å². The summed E-state index contributed by atoms with van der Waals surface area (Å²) in [5, 5.41) is 3.89. The second kappa shape index (κ2) is 6.18. The van der Waals surface area contributed by atoms with Gasteiger partial charge in [0.25, 0.3) is 0 Å². The highest BCUT2D eigenvalue weighted by Gasteiger charge is 2.14. The molecule has 2 aromatic rings. The molecule has 0 amide bonds. The first-order valence-electron chi connectivity index (χ1n) is 6.28. The number of halogens is 2. The lowest BCUT2D eigenvalue weighted by Crippen LogP contribution is -2.20. The van der Waals surface area contributed by atoms with Crippen LogP contribution in [0.15, 0.2) is 42.5 Å². The van der Waals surface area contributed by atoms with Crippen molar-refractivity contribution in [2.24, 2.45) is 0 Å². The number of benzene rings is 2. The topological polar surface area (TPSA) is 12.0 Å². The van der Waals surface area contributed by atoms with Crippen molar-refractivity contribution in [3.05, 3.63) is 70.0 Å². The van der Waals surface area contributed by atoms with Gasteiger partial charge >= 0.3 is 0 Å². The molecule has 0 saturated heterocycles. The van der Waals surface area contributed by atoms with E-state index in [1.165, 1.54) is 6.07 Å². The van der Waals surface area contributed by atoms with Gasteiger partial charge in [0.1, 0.15) is 5.82 Å². The zero-order chi connectivity index (χ0) is 13.8. The number of nitrogens with one attached hydrogen (secondary N) is 1. The molecule has 2 rings (SSSR count). The van der Waals surface area contributed by atoms with Gasteiger partial charge in [-0.25, -0.2) is 4.39 Å². The number of hydrogen-bond donors (Lipinski definition) is 1. The van der Waals surface area contributed by atoms with Crippen LogP contribution in [0.25, 0.3) is 0 Å². The molecule has 19 heavy (non-hydrogen) atoms. The van der Waals surface area contributed by atoms with E-state index >= 15 is 0 Å². The van der Waals surface area contributed by atoms with E-state index in [0.717, 1.165) is 17.5 Å². The molecule has 1 N–H and O–H groups in total. The minimum Gasteiger partial charge on any atom is -0.313 e. The fourth-order valence-electron chi connectivity index (χ4n) is 2.15. The standard InChI is InChI=1S/C16H17ClFN/c1-11-3-8-15(18)14(9-11)16(19-2)10-12-4-6-13(17)7-5-12/h3-9,16,19H,10H2,1-2H3. The van der Waals surface area contributed by atoms with E-state index in [2.05, 4.69) is 5.32 Å². The Morgan fingerprint density at radius 3 is 2.47 bits per heavy atom. The van der Waals surface area contributed by atoms with Gasteiger partial charge in [0.2, 0.25) is 0 Å². The van der Waals surface area contributed by atoms with Crippen LogP contribution in [-0.4, -0.2) is 7.05 Å². The van der Waals surface area contributed by atoms with Crippen molar-refractivity contribution >= 4 is 11.6 Å². The molecule has 100 valence electrons. The molecule has 3 heteroatoms. The molecule has 0 radical (unpaired) electrons. The Labute approximate surface area is 118 Å². The van der Waals surface area contributed by atoms with Crippen LogP contribution in [0.2, 0.25) is 5.02 Å². The lowest BCUT2D eigenvalue weighted by molar-refractivity contribution is 0.533. The molecule has 0 aliphatic carbocycles. The van der Waals surface area contributed by atoms with Crippen LogP contribution < -0.4 is 5.32 Å². The van der Waals surface area contributed by atoms with E-state index in [4.69, 9.17) is 11.6 Å². The van der Waals surface area contributed by atoms with Crippen molar-refractivity contribution in [3.8, 4) is 0 Å². The summed E-state index contributed by atoms with van der Waals surface area (Å²) < 4.78 is 13.9. The first kappa shape index (κ1) is 14.0. The Morgan fingerprint density at radius 2 is 1.84 bits per heavy atom. The maximum absolute atomic E-state index is 13.9. The van der Waals surface area contributed by atoms with Crippen molar-refractivity contribution in [2.75, 3.05) is 7.05 Å². The molecule has 2 aromatic carbocycles. The molecule has 0 saturated carbocycles. The smallest absolute Gasteiger partial charge is 0.128 e. The first-order valence-corrected chi connectivity index (χ1v) is 6.65. The van der Waals surface area contributed by atoms with Crippen LogP contribution in [0.4, 0.5) is 4.39 Å². The molecule has 0 aliphatic heterocycles. The highest BCUT2D eigenvalue weighted by Crippen LogP contribution is 2.23. The Kier molecular flexibility index (Phi) is 4.56. The van der Waals surface area contributed by atoms with Crippen molar-refractivity contribution < 1.29 is 4.39 Å². The van der Waals surface area contributed by atoms with Gasteiger partial charge in [-0.1, -0.05) is 41.4 Å². The highest BCUT2D eigenvalue weighted by molar-refractivity contribution is 6.30. The summed E-state index contributed by atoms with van der Waals surface area (Å²) in [6, 6.07) is 12.8. The molecular weight excluding hydrogens is 261 g/mol. The van der Waals surface area contributed by atoms with Crippen LogP contribution in [-0.2, 0) is 6.42 Å². The van der Waals surface area contributed by atoms with Gasteiger partial charge in [-0.15, -0.1) is 0 Å². The summed E-state index contributed by atoms with van der Waals surface area (Å²) in [5.41, 5.74) is 2.90. The fourth-order valence-corrected chi connectivity index (χ4v) is 2.28. The number of likely N-dealkylation sites (N-methyl/N-ethyl adjacent to an activating group) is 1. The molecule has 0 aromatic heterocycles. The van der Waals surface area contributed by atoms with E-state index < -0.39 is 0 Å². The summed E-state index contributed by atoms with van der Waals surface area (Å²) in [7, 11) is 1.85. The minimum atomic E-state index is -0.168. The average Bonchev–Trinajstić information content (AvgIpc) is 2.41. The molecule has 0 heterocycles. The fraction of sp³-hybridized carbons (Fsp3) is 0.250. The van der Waals surface area contributed by atoms with Crippen molar-refractivity contribution in [2.45, 2.75) is 19.4 Å². The predicted octanol–water partition coefficient (Wildman–Crippen LogP) is 4.29. The third-order valence-electron chi connectivity index (χ3n) is 3.23. The van der Waals surface area contributed by atoms with E-state index in [0.29, 0.717) is 10.6 Å². The normalized spacial score (nSPS) is 12.4. The van der Waals surface area contributed by atoms with E-state index in [9.17, 15) is 4.39 Å². The summed E-state index contributed by atoms with van der Waals surface area (Å²) in [5.74, 6) is -0.168. The zero-order valence-electron chi connectivity index (χ0n) is 11.1. The van der Waals surface area contributed by atoms with Crippen LogP contribution >= 0.6 is 11.6 Å². The van der Waals surface area contributed by atoms with E-state index in [1.54, 1.807) is 6.07 Å². The van der Waals surface area contributed by atoms with Crippen LogP contribution in [0.5, 0.6) is 0 Å². The summed E-state index contributed by atoms with van der Waals surface area (Å²) >= 11 is 5.87. The zero-order valence-corrected chi connectivity index (χ0v) is 11.8. The minimum absolute atomic E-state index is 0.0407. The summed E-state index contributed by atoms with van der Waals surface area (Å²) in [6.45, 7) is 1.97. The average molecular weight is 278 g/mol. The van der Waals surface area contributed by atoms with Crippen LogP contribution in [0, 0.1) is 12.7 Å². The number of hydrogen-bond acceptors (Lipinski definition) is 1. The Balaban J connectivity index is 2.24. The predicted molar refractivity (Wildman–Crippen MR) is 78.1 cm³/mol. The molecule has 1 atom stereocenters. The number of rotatable bonds is 4. The lowest BCUT2D eigenvalue weighted by atomic mass is 9.97. The summed E-state index contributed by atoms with van der Waals surface area (Å²) in [6.07, 6.45) is 0.730. The van der Waals surface area contributed by atoms with Gasteiger partial charge in [-0.05, 0) is 44.2 Å². The van der Waals surface area contributed by atoms with Crippen LogP contribution in [0.3, 0.4) is 0 Å². The molecule has 0 aliphatic rings. The van der Waals surface area contributed by atoms with Gasteiger partial charge in [0.15, 0.2) is 0 Å². The Morgan fingerprint density at radius 1 is 1.16 bits per heavy atom. The maximum Gasteiger partial charge on any atom is 0.128 e. The Bertz CT molecular complexity index is 551. The van der Waals surface area contributed by atoms with Crippen molar-refractivity contribution in [1.29, 1.82) is 0 Å². The molecule has 1 unspecified atom stereocenters. The van der Waals surface area contributed by atoms with Gasteiger partial charge in [0, 0.05) is 16.6 Å². The van der Waals surface area contributed by atoms with Gasteiger partial charge in [-0.3, -0.25) is 0 Å². The molecule has 0 spiro atoms. The number of aryl methyl sites for hydroxylation is 1. The third kappa shape index (κ3) is 3.55. The lowest BCUT2D eigenvalue weighted by Gasteiger charge is -2.18. The monoisotopic (exact) mass is 277 g/mol. The maximum atomic E-state index is 13.9. The third-order valence-corrected chi connectivity index (χ3v) is 3.48.